The second-order valence-corrected chi connectivity index (χ2v) is 9.05. The number of aliphatic hydroxyl groups is 1. The van der Waals surface area contributed by atoms with Gasteiger partial charge in [-0.05, 0) is 38.0 Å². The molecule has 7 heteroatoms. The van der Waals surface area contributed by atoms with Gasteiger partial charge in [0.25, 0.3) is 5.91 Å². The van der Waals surface area contributed by atoms with Crippen molar-refractivity contribution in [3.63, 3.8) is 0 Å². The molecule has 1 aromatic heterocycles. The molecule has 1 aromatic carbocycles. The number of halogens is 1. The number of aryl methyl sites for hydroxylation is 1. The van der Waals surface area contributed by atoms with Crippen molar-refractivity contribution in [1.29, 1.82) is 0 Å². The lowest BCUT2D eigenvalue weighted by molar-refractivity contribution is 0.0497. The third-order valence-electron chi connectivity index (χ3n) is 6.41. The van der Waals surface area contributed by atoms with Crippen LogP contribution in [0.2, 0.25) is 5.02 Å². The maximum atomic E-state index is 12.9. The second-order valence-electron chi connectivity index (χ2n) is 8.65. The van der Waals surface area contributed by atoms with Gasteiger partial charge in [0, 0.05) is 30.3 Å². The summed E-state index contributed by atoms with van der Waals surface area (Å²) in [6.45, 7) is 3.90. The molecule has 1 saturated heterocycles. The molecule has 6 nitrogen and oxygen atoms in total. The van der Waals surface area contributed by atoms with Gasteiger partial charge in [0.05, 0.1) is 22.3 Å². The van der Waals surface area contributed by atoms with E-state index in [1.165, 1.54) is 19.3 Å². The van der Waals surface area contributed by atoms with Crippen molar-refractivity contribution in [3.05, 3.63) is 40.5 Å². The lowest BCUT2D eigenvalue weighted by Gasteiger charge is -2.28. The van der Waals surface area contributed by atoms with E-state index in [2.05, 4.69) is 10.6 Å². The molecule has 1 aliphatic carbocycles. The third-order valence-corrected chi connectivity index (χ3v) is 6.74. The molecule has 4 rings (SSSR count). The third kappa shape index (κ3) is 4.71. The fourth-order valence-corrected chi connectivity index (χ4v) is 4.64. The molecule has 1 amide bonds. The zero-order valence-corrected chi connectivity index (χ0v) is 18.3. The average Bonchev–Trinajstić information content (AvgIpc) is 3.01. The van der Waals surface area contributed by atoms with Crippen LogP contribution in [0, 0.1) is 12.8 Å². The number of amides is 1. The molecular weight excluding hydrogens is 400 g/mol. The van der Waals surface area contributed by atoms with Crippen LogP contribution in [0.1, 0.15) is 67.0 Å². The monoisotopic (exact) mass is 430 g/mol. The Bertz CT molecular complexity index is 885. The Morgan fingerprint density at radius 3 is 2.57 bits per heavy atom. The molecule has 2 heterocycles. The second kappa shape index (κ2) is 9.50. The van der Waals surface area contributed by atoms with Gasteiger partial charge in [-0.3, -0.25) is 9.48 Å². The topological polar surface area (TPSA) is 79.2 Å². The van der Waals surface area contributed by atoms with E-state index in [1.807, 2.05) is 23.7 Å². The highest BCUT2D eigenvalue weighted by molar-refractivity contribution is 6.34. The largest absolute Gasteiger partial charge is 0.373 e. The van der Waals surface area contributed by atoms with Gasteiger partial charge in [-0.1, -0.05) is 49.8 Å². The molecule has 1 unspecified atom stereocenters. The maximum absolute atomic E-state index is 12.9. The van der Waals surface area contributed by atoms with Crippen molar-refractivity contribution >= 4 is 17.5 Å². The van der Waals surface area contributed by atoms with Crippen molar-refractivity contribution in [2.24, 2.45) is 5.92 Å². The highest BCUT2D eigenvalue weighted by Gasteiger charge is 2.24. The van der Waals surface area contributed by atoms with Crippen LogP contribution in [0.5, 0.6) is 0 Å². The van der Waals surface area contributed by atoms with Gasteiger partial charge in [0.1, 0.15) is 6.23 Å². The molecule has 0 bridgehead atoms. The molecule has 2 fully saturated rings. The Hall–Kier alpha value is -1.89. The Balaban J connectivity index is 1.49. The van der Waals surface area contributed by atoms with Crippen LogP contribution in [0.25, 0.3) is 11.3 Å². The number of nitrogens with one attached hydrogen (secondary N) is 2. The minimum atomic E-state index is -0.845. The summed E-state index contributed by atoms with van der Waals surface area (Å²) in [5.74, 6) is -0.235. The van der Waals surface area contributed by atoms with Crippen molar-refractivity contribution < 1.29 is 9.90 Å². The van der Waals surface area contributed by atoms with E-state index in [0.29, 0.717) is 16.6 Å². The molecule has 162 valence electrons. The molecule has 0 spiro atoms. The minimum Gasteiger partial charge on any atom is -0.373 e. The zero-order valence-electron chi connectivity index (χ0n) is 17.5. The summed E-state index contributed by atoms with van der Waals surface area (Å²) >= 11 is 6.34. The number of hydrogen-bond donors (Lipinski definition) is 3. The van der Waals surface area contributed by atoms with Crippen molar-refractivity contribution in [2.45, 2.75) is 64.1 Å². The number of carbonyl (C=O) groups is 1. The molecule has 1 atom stereocenters. The summed E-state index contributed by atoms with van der Waals surface area (Å²) in [7, 11) is 0. The van der Waals surface area contributed by atoms with Crippen LogP contribution in [0.3, 0.4) is 0 Å². The Morgan fingerprint density at radius 2 is 1.90 bits per heavy atom. The highest BCUT2D eigenvalue weighted by Crippen LogP contribution is 2.28. The van der Waals surface area contributed by atoms with Gasteiger partial charge in [0.15, 0.2) is 0 Å². The predicted molar refractivity (Wildman–Crippen MR) is 119 cm³/mol. The standard InChI is InChI=1S/C23H31ClN4O2/c1-15-11-21(27-28(15)18-13-25-14-18)17-9-10-20(24)19(12-17)23(30)26-22(29)16-7-5-3-2-4-6-8-16/h9-12,16,18,22,25,29H,2-8,13-14H2,1H3,(H,26,30). The number of nitrogens with zero attached hydrogens (tertiary/aromatic N) is 2. The lowest BCUT2D eigenvalue weighted by atomic mass is 9.90. The first-order chi connectivity index (χ1) is 14.5. The molecule has 1 saturated carbocycles. The normalized spacial score (nSPS) is 19.6. The molecular formula is C23H31ClN4O2. The van der Waals surface area contributed by atoms with E-state index in [4.69, 9.17) is 16.7 Å². The number of carbonyl (C=O) groups excluding carboxylic acids is 1. The molecule has 3 N–H and O–H groups in total. The summed E-state index contributed by atoms with van der Waals surface area (Å²) in [6, 6.07) is 7.80. The molecule has 30 heavy (non-hydrogen) atoms. The van der Waals surface area contributed by atoms with Crippen LogP contribution in [-0.2, 0) is 0 Å². The van der Waals surface area contributed by atoms with E-state index in [0.717, 1.165) is 55.7 Å². The minimum absolute atomic E-state index is 0.102. The van der Waals surface area contributed by atoms with E-state index in [-0.39, 0.29) is 11.8 Å². The van der Waals surface area contributed by atoms with Crippen LogP contribution in [-0.4, -0.2) is 40.1 Å². The van der Waals surface area contributed by atoms with E-state index in [1.54, 1.807) is 12.1 Å². The van der Waals surface area contributed by atoms with Gasteiger partial charge in [-0.25, -0.2) is 0 Å². The van der Waals surface area contributed by atoms with Crippen LogP contribution in [0.15, 0.2) is 24.3 Å². The average molecular weight is 431 g/mol. The summed E-state index contributed by atoms with van der Waals surface area (Å²) in [5.41, 5.74) is 3.14. The predicted octanol–water partition coefficient (Wildman–Crippen LogP) is 4.06. The van der Waals surface area contributed by atoms with Gasteiger partial charge in [-0.2, -0.15) is 5.10 Å². The Kier molecular flexibility index (Phi) is 6.76. The number of aromatic nitrogens is 2. The van der Waals surface area contributed by atoms with Gasteiger partial charge in [0.2, 0.25) is 0 Å². The zero-order chi connectivity index (χ0) is 21.1. The first kappa shape index (κ1) is 21.3. The summed E-state index contributed by atoms with van der Waals surface area (Å²) in [5, 5.41) is 21.8. The highest BCUT2D eigenvalue weighted by atomic mass is 35.5. The van der Waals surface area contributed by atoms with Crippen LogP contribution >= 0.6 is 11.6 Å². The van der Waals surface area contributed by atoms with Crippen molar-refractivity contribution in [3.8, 4) is 11.3 Å². The number of aliphatic hydroxyl groups excluding tert-OH is 1. The first-order valence-electron chi connectivity index (χ1n) is 11.1. The van der Waals surface area contributed by atoms with Gasteiger partial charge < -0.3 is 15.7 Å². The van der Waals surface area contributed by atoms with E-state index < -0.39 is 6.23 Å². The van der Waals surface area contributed by atoms with Crippen LogP contribution in [0.4, 0.5) is 0 Å². The molecule has 2 aromatic rings. The summed E-state index contributed by atoms with van der Waals surface area (Å²) in [4.78, 5) is 12.9. The van der Waals surface area contributed by atoms with Crippen LogP contribution < -0.4 is 10.6 Å². The number of benzene rings is 1. The summed E-state index contributed by atoms with van der Waals surface area (Å²) < 4.78 is 2.04. The Morgan fingerprint density at radius 1 is 1.20 bits per heavy atom. The Labute approximate surface area is 183 Å². The molecule has 1 aliphatic heterocycles. The molecule has 2 aliphatic rings. The summed E-state index contributed by atoms with van der Waals surface area (Å²) in [6.07, 6.45) is 6.93. The quantitative estimate of drug-likeness (QED) is 0.625. The fourth-order valence-electron chi connectivity index (χ4n) is 4.44. The van der Waals surface area contributed by atoms with Gasteiger partial charge in [-0.15, -0.1) is 0 Å². The number of rotatable bonds is 5. The van der Waals surface area contributed by atoms with E-state index >= 15 is 0 Å². The smallest absolute Gasteiger partial charge is 0.254 e. The number of hydrogen-bond acceptors (Lipinski definition) is 4. The maximum Gasteiger partial charge on any atom is 0.254 e. The van der Waals surface area contributed by atoms with E-state index in [9.17, 15) is 9.90 Å². The van der Waals surface area contributed by atoms with Crippen molar-refractivity contribution in [2.75, 3.05) is 13.1 Å². The molecule has 0 radical (unpaired) electrons. The first-order valence-corrected chi connectivity index (χ1v) is 11.5. The van der Waals surface area contributed by atoms with Gasteiger partial charge >= 0.3 is 0 Å². The fraction of sp³-hybridized carbons (Fsp3) is 0.565. The SMILES string of the molecule is Cc1cc(-c2ccc(Cl)c(C(=O)NC(O)C3CCCCCCC3)c2)nn1C1CNC1. The van der Waals surface area contributed by atoms with Crippen molar-refractivity contribution in [1.82, 2.24) is 20.4 Å². The lowest BCUT2D eigenvalue weighted by Crippen LogP contribution is -2.44.